The number of hydrazone groups is 1. The normalized spacial score (nSPS) is 12.3. The molecule has 0 aliphatic rings. The third-order valence-electron chi connectivity index (χ3n) is 1.87. The first-order valence-corrected chi connectivity index (χ1v) is 4.89. The zero-order chi connectivity index (χ0) is 12.2. The highest BCUT2D eigenvalue weighted by molar-refractivity contribution is 6.37. The first-order chi connectivity index (χ1) is 7.41. The van der Waals surface area contributed by atoms with Crippen molar-refractivity contribution in [3.63, 3.8) is 0 Å². The number of carbonyl (C=O) groups is 1. The van der Waals surface area contributed by atoms with Gasteiger partial charge in [-0.15, -0.1) is 0 Å². The molecule has 0 aromatic carbocycles. The Morgan fingerprint density at radius 2 is 2.19 bits per heavy atom. The molecule has 5 nitrogen and oxygen atoms in total. The molecular weight excluding hydrogens is 206 g/mol. The molecule has 0 spiro atoms. The zero-order valence-electron chi connectivity index (χ0n) is 9.56. The molecule has 0 amide bonds. The molecule has 0 unspecified atom stereocenters. The predicted octanol–water partition coefficient (Wildman–Crippen LogP) is 1.98. The van der Waals surface area contributed by atoms with Crippen LogP contribution in [0.4, 0.5) is 5.69 Å². The van der Waals surface area contributed by atoms with Gasteiger partial charge in [0.2, 0.25) is 0 Å². The van der Waals surface area contributed by atoms with Crippen LogP contribution >= 0.6 is 0 Å². The van der Waals surface area contributed by atoms with E-state index in [0.717, 1.165) is 0 Å². The van der Waals surface area contributed by atoms with Gasteiger partial charge >= 0.3 is 5.97 Å². The fourth-order valence-corrected chi connectivity index (χ4v) is 1.09. The Balaban J connectivity index is 2.86. The number of nitrogens with one attached hydrogen (secondary N) is 1. The number of carboxylic acids is 1. The van der Waals surface area contributed by atoms with Gasteiger partial charge in [-0.25, -0.2) is 4.79 Å². The van der Waals surface area contributed by atoms with Crippen LogP contribution in [0.3, 0.4) is 0 Å². The maximum Gasteiger partial charge on any atom is 0.352 e. The number of aromatic nitrogens is 1. The second-order valence-corrected chi connectivity index (χ2v) is 4.37. The molecule has 1 heterocycles. The van der Waals surface area contributed by atoms with Crippen molar-refractivity contribution in [1.82, 2.24) is 4.98 Å². The molecule has 1 aromatic rings. The Morgan fingerprint density at radius 1 is 1.50 bits per heavy atom. The van der Waals surface area contributed by atoms with Gasteiger partial charge in [-0.3, -0.25) is 10.4 Å². The van der Waals surface area contributed by atoms with Gasteiger partial charge < -0.3 is 5.11 Å². The van der Waals surface area contributed by atoms with E-state index in [0.29, 0.717) is 5.69 Å². The van der Waals surface area contributed by atoms with Crippen molar-refractivity contribution in [2.24, 2.45) is 10.5 Å². The lowest BCUT2D eigenvalue weighted by atomic mass is 9.90. The lowest BCUT2D eigenvalue weighted by molar-refractivity contribution is -0.129. The van der Waals surface area contributed by atoms with Crippen LogP contribution < -0.4 is 5.43 Å². The smallest absolute Gasteiger partial charge is 0.352 e. The Bertz CT molecular complexity index is 393. The maximum atomic E-state index is 11.0. The first-order valence-electron chi connectivity index (χ1n) is 4.89. The summed E-state index contributed by atoms with van der Waals surface area (Å²) in [7, 11) is 0. The van der Waals surface area contributed by atoms with E-state index in [2.05, 4.69) is 15.5 Å². The number of rotatable bonds is 3. The maximum absolute atomic E-state index is 11.0. The van der Waals surface area contributed by atoms with Gasteiger partial charge in [0.05, 0.1) is 11.9 Å². The number of aliphatic carboxylic acids is 1. The molecule has 5 heteroatoms. The second kappa shape index (κ2) is 4.74. The van der Waals surface area contributed by atoms with E-state index in [4.69, 9.17) is 5.11 Å². The number of pyridine rings is 1. The summed E-state index contributed by atoms with van der Waals surface area (Å²) in [6.07, 6.45) is 3.21. The largest absolute Gasteiger partial charge is 0.477 e. The van der Waals surface area contributed by atoms with E-state index in [-0.39, 0.29) is 5.71 Å². The minimum Gasteiger partial charge on any atom is -0.477 e. The molecule has 0 radical (unpaired) electrons. The molecule has 0 bridgehead atoms. The highest BCUT2D eigenvalue weighted by Gasteiger charge is 2.25. The molecule has 86 valence electrons. The van der Waals surface area contributed by atoms with E-state index < -0.39 is 11.4 Å². The van der Waals surface area contributed by atoms with E-state index in [9.17, 15) is 4.79 Å². The zero-order valence-corrected chi connectivity index (χ0v) is 9.56. The lowest BCUT2D eigenvalue weighted by Crippen LogP contribution is -2.29. The van der Waals surface area contributed by atoms with Gasteiger partial charge in [-0.05, 0) is 12.1 Å². The molecule has 1 rings (SSSR count). The average molecular weight is 221 g/mol. The van der Waals surface area contributed by atoms with Crippen molar-refractivity contribution in [2.75, 3.05) is 5.43 Å². The Labute approximate surface area is 94.2 Å². The van der Waals surface area contributed by atoms with Gasteiger partial charge in [0.25, 0.3) is 0 Å². The monoisotopic (exact) mass is 221 g/mol. The van der Waals surface area contributed by atoms with Crippen molar-refractivity contribution in [3.05, 3.63) is 24.5 Å². The van der Waals surface area contributed by atoms with Crippen molar-refractivity contribution < 1.29 is 9.90 Å². The molecule has 2 N–H and O–H groups in total. The number of hydrogen-bond donors (Lipinski definition) is 2. The molecule has 0 saturated heterocycles. The number of carboxylic acid groups (broad SMARTS) is 1. The molecular formula is C11H15N3O2. The standard InChI is InChI=1S/C11H15N3O2/c1-11(2,3)9(10(15)16)14-13-8-5-4-6-12-7-8/h4-7,13H,1-3H3,(H,15,16)/b14-9-. The van der Waals surface area contributed by atoms with Crippen molar-refractivity contribution >= 4 is 17.4 Å². The molecule has 0 aliphatic heterocycles. The quantitative estimate of drug-likeness (QED) is 0.604. The average Bonchev–Trinajstić information content (AvgIpc) is 2.17. The van der Waals surface area contributed by atoms with Crippen LogP contribution in [0.1, 0.15) is 20.8 Å². The molecule has 1 aromatic heterocycles. The van der Waals surface area contributed by atoms with Gasteiger partial charge in [-0.1, -0.05) is 20.8 Å². The summed E-state index contributed by atoms with van der Waals surface area (Å²) in [5.41, 5.74) is 2.90. The molecule has 0 atom stereocenters. The van der Waals surface area contributed by atoms with Crippen molar-refractivity contribution in [3.8, 4) is 0 Å². The Hall–Kier alpha value is -1.91. The van der Waals surface area contributed by atoms with Gasteiger partial charge in [0.1, 0.15) is 0 Å². The number of anilines is 1. The third-order valence-corrected chi connectivity index (χ3v) is 1.87. The number of nitrogens with zero attached hydrogens (tertiary/aromatic N) is 2. The van der Waals surface area contributed by atoms with Crippen LogP contribution in [0.25, 0.3) is 0 Å². The van der Waals surface area contributed by atoms with Crippen LogP contribution in [0.5, 0.6) is 0 Å². The minimum absolute atomic E-state index is 0.0800. The van der Waals surface area contributed by atoms with E-state index in [1.165, 1.54) is 0 Å². The highest BCUT2D eigenvalue weighted by Crippen LogP contribution is 2.16. The van der Waals surface area contributed by atoms with Gasteiger partial charge in [-0.2, -0.15) is 5.10 Å². The minimum atomic E-state index is -1.02. The SMILES string of the molecule is CC(C)(C)/C(=N\Nc1cccnc1)C(=O)O. The van der Waals surface area contributed by atoms with E-state index >= 15 is 0 Å². The summed E-state index contributed by atoms with van der Waals surface area (Å²) in [4.78, 5) is 14.9. The number of hydrogen-bond acceptors (Lipinski definition) is 4. The van der Waals surface area contributed by atoms with Gasteiger partial charge in [0, 0.05) is 11.6 Å². The second-order valence-electron chi connectivity index (χ2n) is 4.37. The summed E-state index contributed by atoms with van der Waals surface area (Å²) < 4.78 is 0. The van der Waals surface area contributed by atoms with Crippen molar-refractivity contribution in [1.29, 1.82) is 0 Å². The predicted molar refractivity (Wildman–Crippen MR) is 62.4 cm³/mol. The molecule has 0 aliphatic carbocycles. The van der Waals surface area contributed by atoms with Gasteiger partial charge in [0.15, 0.2) is 5.71 Å². The fourth-order valence-electron chi connectivity index (χ4n) is 1.09. The van der Waals surface area contributed by atoms with Crippen LogP contribution in [-0.4, -0.2) is 21.8 Å². The molecule has 16 heavy (non-hydrogen) atoms. The third kappa shape index (κ3) is 3.34. The Morgan fingerprint density at radius 3 is 2.62 bits per heavy atom. The van der Waals surface area contributed by atoms with E-state index in [1.807, 2.05) is 0 Å². The van der Waals surface area contributed by atoms with Crippen LogP contribution in [-0.2, 0) is 4.79 Å². The summed E-state index contributed by atoms with van der Waals surface area (Å²) >= 11 is 0. The van der Waals surface area contributed by atoms with Crippen LogP contribution in [0.15, 0.2) is 29.6 Å². The summed E-state index contributed by atoms with van der Waals surface area (Å²) in [6, 6.07) is 3.51. The molecule has 0 saturated carbocycles. The van der Waals surface area contributed by atoms with Crippen LogP contribution in [0.2, 0.25) is 0 Å². The van der Waals surface area contributed by atoms with Crippen LogP contribution in [0, 0.1) is 5.41 Å². The summed E-state index contributed by atoms with van der Waals surface area (Å²) in [6.45, 7) is 5.39. The Kier molecular flexibility index (Phi) is 3.60. The lowest BCUT2D eigenvalue weighted by Gasteiger charge is -2.17. The fraction of sp³-hybridized carbons (Fsp3) is 0.364. The highest BCUT2D eigenvalue weighted by atomic mass is 16.4. The van der Waals surface area contributed by atoms with E-state index in [1.54, 1.807) is 45.3 Å². The summed E-state index contributed by atoms with van der Waals surface area (Å²) in [5, 5.41) is 12.9. The first kappa shape index (κ1) is 12.2. The molecule has 0 fully saturated rings. The summed E-state index contributed by atoms with van der Waals surface area (Å²) in [5.74, 6) is -1.02. The topological polar surface area (TPSA) is 74.6 Å². The van der Waals surface area contributed by atoms with Crippen molar-refractivity contribution in [2.45, 2.75) is 20.8 Å².